The molecule has 1 aliphatic heterocycles. The molecule has 0 saturated carbocycles. The minimum Gasteiger partial charge on any atom is -0.465 e. The van der Waals surface area contributed by atoms with Gasteiger partial charge < -0.3 is 14.9 Å². The van der Waals surface area contributed by atoms with E-state index in [4.69, 9.17) is 5.11 Å². The first-order valence-electron chi connectivity index (χ1n) is 4.90. The fourth-order valence-electron chi connectivity index (χ4n) is 1.82. The Morgan fingerprint density at radius 2 is 1.73 bits per heavy atom. The van der Waals surface area contributed by atoms with Gasteiger partial charge >= 0.3 is 6.09 Å². The molecule has 0 aliphatic carbocycles. The molecule has 1 heterocycles. The number of piperazine rings is 1. The van der Waals surface area contributed by atoms with Crippen molar-refractivity contribution < 1.29 is 14.7 Å². The van der Waals surface area contributed by atoms with Crippen molar-refractivity contribution in [3.63, 3.8) is 0 Å². The van der Waals surface area contributed by atoms with Gasteiger partial charge in [-0.3, -0.25) is 4.79 Å². The lowest BCUT2D eigenvalue weighted by atomic mass is 10.1. The topological polar surface area (TPSA) is 60.9 Å². The van der Waals surface area contributed by atoms with E-state index in [1.807, 2.05) is 6.92 Å². The third-order valence-corrected chi connectivity index (χ3v) is 2.69. The number of rotatable bonds is 1. The highest BCUT2D eigenvalue weighted by Crippen LogP contribution is 2.15. The van der Waals surface area contributed by atoms with Crippen LogP contribution in [0.15, 0.2) is 12.7 Å². The molecule has 1 fully saturated rings. The van der Waals surface area contributed by atoms with E-state index in [0.717, 1.165) is 0 Å². The summed E-state index contributed by atoms with van der Waals surface area (Å²) in [7, 11) is 0. The van der Waals surface area contributed by atoms with E-state index in [1.165, 1.54) is 11.0 Å². The molecule has 0 aromatic carbocycles. The van der Waals surface area contributed by atoms with Gasteiger partial charge in [-0.15, -0.1) is 0 Å². The fraction of sp³-hybridized carbons (Fsp3) is 0.600. The predicted molar refractivity (Wildman–Crippen MR) is 55.6 cm³/mol. The van der Waals surface area contributed by atoms with Gasteiger partial charge in [0.25, 0.3) is 0 Å². The molecule has 1 N–H and O–H groups in total. The number of hydrogen-bond acceptors (Lipinski definition) is 2. The highest BCUT2D eigenvalue weighted by molar-refractivity contribution is 5.87. The lowest BCUT2D eigenvalue weighted by Crippen LogP contribution is -2.58. The van der Waals surface area contributed by atoms with E-state index < -0.39 is 6.09 Å². The molecule has 0 aromatic heterocycles. The summed E-state index contributed by atoms with van der Waals surface area (Å²) in [5.74, 6) is -0.139. The van der Waals surface area contributed by atoms with Gasteiger partial charge in [0.2, 0.25) is 5.91 Å². The zero-order valence-corrected chi connectivity index (χ0v) is 9.01. The standard InChI is InChI=1S/C10H16N2O3/c1-4-9(13)11-5-8(3)12(10(14)15)6-7(11)2/h4,7-8H,1,5-6H2,2-3H3,(H,14,15)/t7-,8+/m1/s1. The summed E-state index contributed by atoms with van der Waals surface area (Å²) < 4.78 is 0. The molecule has 2 atom stereocenters. The largest absolute Gasteiger partial charge is 0.465 e. The van der Waals surface area contributed by atoms with Gasteiger partial charge in [-0.2, -0.15) is 0 Å². The zero-order chi connectivity index (χ0) is 11.6. The first kappa shape index (κ1) is 11.6. The lowest BCUT2D eigenvalue weighted by Gasteiger charge is -2.42. The monoisotopic (exact) mass is 212 g/mol. The van der Waals surface area contributed by atoms with Crippen LogP contribution in [0.4, 0.5) is 4.79 Å². The Kier molecular flexibility index (Phi) is 3.34. The highest BCUT2D eigenvalue weighted by atomic mass is 16.4. The summed E-state index contributed by atoms with van der Waals surface area (Å²) in [4.78, 5) is 25.3. The molecule has 1 saturated heterocycles. The second-order valence-electron chi connectivity index (χ2n) is 3.83. The third-order valence-electron chi connectivity index (χ3n) is 2.69. The van der Waals surface area contributed by atoms with Gasteiger partial charge in [0.15, 0.2) is 0 Å². The molecular formula is C10H16N2O3. The first-order valence-corrected chi connectivity index (χ1v) is 4.90. The normalized spacial score (nSPS) is 26.3. The van der Waals surface area contributed by atoms with Gasteiger partial charge in [-0.05, 0) is 19.9 Å². The predicted octanol–water partition coefficient (Wildman–Crippen LogP) is 0.772. The summed E-state index contributed by atoms with van der Waals surface area (Å²) in [6.07, 6.45) is 0.333. The van der Waals surface area contributed by atoms with Crippen LogP contribution in [0.1, 0.15) is 13.8 Å². The van der Waals surface area contributed by atoms with Crippen LogP contribution in [0.5, 0.6) is 0 Å². The Balaban J connectivity index is 2.74. The van der Waals surface area contributed by atoms with Crippen molar-refractivity contribution >= 4 is 12.0 Å². The molecule has 84 valence electrons. The lowest BCUT2D eigenvalue weighted by molar-refractivity contribution is -0.131. The summed E-state index contributed by atoms with van der Waals surface area (Å²) in [6.45, 7) is 7.85. The third kappa shape index (κ3) is 2.29. The number of carbonyl (C=O) groups excluding carboxylic acids is 1. The Morgan fingerprint density at radius 3 is 2.20 bits per heavy atom. The number of amides is 2. The van der Waals surface area contributed by atoms with E-state index in [0.29, 0.717) is 13.1 Å². The Labute approximate surface area is 89.0 Å². The second-order valence-corrected chi connectivity index (χ2v) is 3.83. The van der Waals surface area contributed by atoms with E-state index in [1.54, 1.807) is 11.8 Å². The maximum Gasteiger partial charge on any atom is 0.407 e. The zero-order valence-electron chi connectivity index (χ0n) is 9.01. The average Bonchev–Trinajstić information content (AvgIpc) is 2.19. The summed E-state index contributed by atoms with van der Waals surface area (Å²) in [5, 5.41) is 8.91. The fourth-order valence-corrected chi connectivity index (χ4v) is 1.82. The Hall–Kier alpha value is -1.52. The second kappa shape index (κ2) is 4.33. The minimum absolute atomic E-state index is 0.0946. The maximum atomic E-state index is 11.4. The van der Waals surface area contributed by atoms with Crippen LogP contribution in [0.25, 0.3) is 0 Å². The summed E-state index contributed by atoms with van der Waals surface area (Å²) in [6, 6.07) is -0.259. The number of carbonyl (C=O) groups is 2. The molecule has 0 radical (unpaired) electrons. The Bertz CT molecular complexity index is 290. The smallest absolute Gasteiger partial charge is 0.407 e. The van der Waals surface area contributed by atoms with Crippen LogP contribution in [0, 0.1) is 0 Å². The highest BCUT2D eigenvalue weighted by Gasteiger charge is 2.33. The summed E-state index contributed by atoms with van der Waals surface area (Å²) in [5.41, 5.74) is 0. The van der Waals surface area contributed by atoms with Gasteiger partial charge in [0.05, 0.1) is 0 Å². The van der Waals surface area contributed by atoms with Crippen molar-refractivity contribution in [2.75, 3.05) is 13.1 Å². The molecule has 0 spiro atoms. The molecule has 1 aliphatic rings. The average molecular weight is 212 g/mol. The molecule has 5 heteroatoms. The van der Waals surface area contributed by atoms with Gasteiger partial charge in [0.1, 0.15) is 0 Å². The first-order chi connectivity index (χ1) is 6.97. The van der Waals surface area contributed by atoms with Gasteiger partial charge in [-0.25, -0.2) is 4.79 Å². The van der Waals surface area contributed by atoms with Crippen molar-refractivity contribution in [2.24, 2.45) is 0 Å². The van der Waals surface area contributed by atoms with Gasteiger partial charge in [0, 0.05) is 25.2 Å². The van der Waals surface area contributed by atoms with Crippen LogP contribution in [0.2, 0.25) is 0 Å². The van der Waals surface area contributed by atoms with Crippen LogP contribution in [-0.4, -0.2) is 52.1 Å². The van der Waals surface area contributed by atoms with Crippen molar-refractivity contribution in [3.8, 4) is 0 Å². The Morgan fingerprint density at radius 1 is 1.27 bits per heavy atom. The van der Waals surface area contributed by atoms with E-state index in [9.17, 15) is 9.59 Å². The van der Waals surface area contributed by atoms with E-state index in [2.05, 4.69) is 6.58 Å². The van der Waals surface area contributed by atoms with Gasteiger partial charge in [-0.1, -0.05) is 6.58 Å². The number of carboxylic acid groups (broad SMARTS) is 1. The van der Waals surface area contributed by atoms with Crippen molar-refractivity contribution in [1.82, 2.24) is 9.80 Å². The SMILES string of the molecule is C=CC(=O)N1C[C@H](C)N(C(=O)O)C[C@H]1C. The van der Waals surface area contributed by atoms with E-state index in [-0.39, 0.29) is 18.0 Å². The van der Waals surface area contributed by atoms with E-state index >= 15 is 0 Å². The van der Waals surface area contributed by atoms with Crippen LogP contribution >= 0.6 is 0 Å². The molecule has 5 nitrogen and oxygen atoms in total. The summed E-state index contributed by atoms with van der Waals surface area (Å²) >= 11 is 0. The number of hydrogen-bond donors (Lipinski definition) is 1. The van der Waals surface area contributed by atoms with Crippen molar-refractivity contribution in [1.29, 1.82) is 0 Å². The minimum atomic E-state index is -0.931. The van der Waals surface area contributed by atoms with Crippen molar-refractivity contribution in [3.05, 3.63) is 12.7 Å². The maximum absolute atomic E-state index is 11.4. The molecule has 15 heavy (non-hydrogen) atoms. The molecule has 0 aromatic rings. The van der Waals surface area contributed by atoms with Crippen LogP contribution in [0.3, 0.4) is 0 Å². The van der Waals surface area contributed by atoms with Crippen LogP contribution in [-0.2, 0) is 4.79 Å². The molecule has 2 amide bonds. The molecular weight excluding hydrogens is 196 g/mol. The number of nitrogens with zero attached hydrogens (tertiary/aromatic N) is 2. The molecule has 1 rings (SSSR count). The molecule has 0 bridgehead atoms. The van der Waals surface area contributed by atoms with Crippen molar-refractivity contribution in [2.45, 2.75) is 25.9 Å². The quantitative estimate of drug-likeness (QED) is 0.653. The molecule has 0 unspecified atom stereocenters. The van der Waals surface area contributed by atoms with Crippen LogP contribution < -0.4 is 0 Å².